The molecule has 1 atom stereocenters. The van der Waals surface area contributed by atoms with E-state index in [0.29, 0.717) is 13.1 Å². The molecule has 0 aliphatic carbocycles. The smallest absolute Gasteiger partial charge is 0.123 e. The third kappa shape index (κ3) is 1.35. The second kappa shape index (κ2) is 3.16. The van der Waals surface area contributed by atoms with Crippen LogP contribution in [0, 0.1) is 16.7 Å². The Morgan fingerprint density at radius 1 is 1.73 bits per heavy atom. The van der Waals surface area contributed by atoms with Crippen molar-refractivity contribution >= 4 is 0 Å². The maximum atomic E-state index is 13.1. The van der Waals surface area contributed by atoms with E-state index in [1.54, 1.807) is 0 Å². The molecular weight excluding hydrogens is 147 g/mol. The summed E-state index contributed by atoms with van der Waals surface area (Å²) in [6, 6.07) is 1.95. The van der Waals surface area contributed by atoms with Crippen LogP contribution in [0.15, 0.2) is 0 Å². The lowest BCUT2D eigenvalue weighted by atomic mass is 9.77. The van der Waals surface area contributed by atoms with Crippen molar-refractivity contribution in [3.63, 3.8) is 0 Å². The van der Waals surface area contributed by atoms with Gasteiger partial charge in [0.25, 0.3) is 0 Å². The first-order valence-electron chi connectivity index (χ1n) is 3.62. The molecule has 1 fully saturated rings. The van der Waals surface area contributed by atoms with Gasteiger partial charge in [0.1, 0.15) is 11.6 Å². The number of alkyl halides is 1. The van der Waals surface area contributed by atoms with Crippen molar-refractivity contribution in [2.24, 2.45) is 5.41 Å². The fourth-order valence-corrected chi connectivity index (χ4v) is 1.15. The minimum Gasteiger partial charge on any atom is -0.396 e. The molecule has 1 saturated heterocycles. The quantitative estimate of drug-likeness (QED) is 0.599. The zero-order valence-corrected chi connectivity index (χ0v) is 6.18. The molecular formula is C7H11FN2O. The number of hydrogen-bond donors (Lipinski definition) is 2. The molecule has 1 rings (SSSR count). The monoisotopic (exact) mass is 158 g/mol. The summed E-state index contributed by atoms with van der Waals surface area (Å²) in [7, 11) is 0. The number of hydrogen-bond acceptors (Lipinski definition) is 3. The Morgan fingerprint density at radius 2 is 2.36 bits per heavy atom. The van der Waals surface area contributed by atoms with Gasteiger partial charge in [0, 0.05) is 26.1 Å². The molecule has 2 N–H and O–H groups in total. The highest BCUT2D eigenvalue weighted by molar-refractivity contribution is 5.12. The Balaban J connectivity index is 2.49. The molecule has 1 heterocycles. The lowest BCUT2D eigenvalue weighted by Gasteiger charge is -2.38. The number of nitriles is 1. The predicted octanol–water partition coefficient (Wildman–Crippen LogP) is -0.180. The van der Waals surface area contributed by atoms with Gasteiger partial charge in [-0.15, -0.1) is 0 Å². The summed E-state index contributed by atoms with van der Waals surface area (Å²) in [5.41, 5.74) is -0.858. The van der Waals surface area contributed by atoms with Crippen LogP contribution >= 0.6 is 0 Å². The molecule has 11 heavy (non-hydrogen) atoms. The number of halogens is 1. The molecule has 0 radical (unpaired) electrons. The third-order valence-electron chi connectivity index (χ3n) is 2.09. The van der Waals surface area contributed by atoms with Crippen LogP contribution in [-0.2, 0) is 0 Å². The Hall–Kier alpha value is -0.660. The fraction of sp³-hybridized carbons (Fsp3) is 0.857. The van der Waals surface area contributed by atoms with Gasteiger partial charge in [-0.3, -0.25) is 0 Å². The standard InChI is InChI=1S/C7H11FN2O/c8-6(1-2-11)7(3-9)4-10-5-7/h6,10-11H,1-2,4-5H2. The highest BCUT2D eigenvalue weighted by atomic mass is 19.1. The van der Waals surface area contributed by atoms with E-state index in [1.807, 2.05) is 6.07 Å². The first-order valence-corrected chi connectivity index (χ1v) is 3.62. The first kappa shape index (κ1) is 8.44. The van der Waals surface area contributed by atoms with E-state index in [0.717, 1.165) is 0 Å². The van der Waals surface area contributed by atoms with Crippen LogP contribution in [0.3, 0.4) is 0 Å². The third-order valence-corrected chi connectivity index (χ3v) is 2.09. The topological polar surface area (TPSA) is 56.0 Å². The molecule has 1 unspecified atom stereocenters. The Labute approximate surface area is 64.8 Å². The van der Waals surface area contributed by atoms with Crippen LogP contribution in [0.5, 0.6) is 0 Å². The second-order valence-corrected chi connectivity index (χ2v) is 2.85. The molecule has 0 aromatic carbocycles. The lowest BCUT2D eigenvalue weighted by Crippen LogP contribution is -2.57. The number of aliphatic hydroxyl groups excluding tert-OH is 1. The Bertz CT molecular complexity index is 174. The molecule has 0 aromatic heterocycles. The number of aliphatic hydroxyl groups is 1. The normalized spacial score (nSPS) is 23.4. The summed E-state index contributed by atoms with van der Waals surface area (Å²) in [6.07, 6.45) is -1.13. The van der Waals surface area contributed by atoms with E-state index >= 15 is 0 Å². The molecule has 1 aliphatic rings. The summed E-state index contributed by atoms with van der Waals surface area (Å²) in [6.45, 7) is 0.625. The van der Waals surface area contributed by atoms with Crippen molar-refractivity contribution in [3.05, 3.63) is 0 Å². The zero-order chi connectivity index (χ0) is 8.32. The van der Waals surface area contributed by atoms with E-state index < -0.39 is 11.6 Å². The van der Waals surface area contributed by atoms with Crippen molar-refractivity contribution in [2.45, 2.75) is 12.6 Å². The molecule has 0 amide bonds. The summed E-state index contributed by atoms with van der Waals surface area (Å²) < 4.78 is 13.1. The zero-order valence-electron chi connectivity index (χ0n) is 6.18. The van der Waals surface area contributed by atoms with Gasteiger partial charge in [0.05, 0.1) is 6.07 Å². The van der Waals surface area contributed by atoms with Gasteiger partial charge < -0.3 is 10.4 Å². The SMILES string of the molecule is N#CC1(C(F)CCO)CNC1. The number of nitrogens with zero attached hydrogens (tertiary/aromatic N) is 1. The minimum absolute atomic E-state index is 0.0647. The van der Waals surface area contributed by atoms with E-state index in [4.69, 9.17) is 10.4 Å². The van der Waals surface area contributed by atoms with E-state index in [1.165, 1.54) is 0 Å². The molecule has 3 nitrogen and oxygen atoms in total. The maximum Gasteiger partial charge on any atom is 0.123 e. The highest BCUT2D eigenvalue weighted by Gasteiger charge is 2.44. The average Bonchev–Trinajstić information content (AvgIpc) is 1.87. The largest absolute Gasteiger partial charge is 0.396 e. The predicted molar refractivity (Wildman–Crippen MR) is 37.5 cm³/mol. The maximum absolute atomic E-state index is 13.1. The highest BCUT2D eigenvalue weighted by Crippen LogP contribution is 2.30. The first-order chi connectivity index (χ1) is 5.25. The van der Waals surface area contributed by atoms with Gasteiger partial charge in [-0.25, -0.2) is 4.39 Å². The van der Waals surface area contributed by atoms with Crippen LogP contribution in [0.2, 0.25) is 0 Å². The molecule has 0 aromatic rings. The van der Waals surface area contributed by atoms with Gasteiger partial charge in [0.2, 0.25) is 0 Å². The van der Waals surface area contributed by atoms with Gasteiger partial charge >= 0.3 is 0 Å². The van der Waals surface area contributed by atoms with Crippen LogP contribution in [-0.4, -0.2) is 31.0 Å². The van der Waals surface area contributed by atoms with E-state index in [-0.39, 0.29) is 13.0 Å². The fourth-order valence-electron chi connectivity index (χ4n) is 1.15. The summed E-state index contributed by atoms with van der Waals surface area (Å²) >= 11 is 0. The van der Waals surface area contributed by atoms with Crippen molar-refractivity contribution < 1.29 is 9.50 Å². The van der Waals surface area contributed by atoms with Gasteiger partial charge in [-0.2, -0.15) is 5.26 Å². The minimum atomic E-state index is -1.20. The molecule has 0 spiro atoms. The molecule has 1 aliphatic heterocycles. The summed E-state index contributed by atoms with van der Waals surface area (Å²) in [5.74, 6) is 0. The molecule has 4 heteroatoms. The Morgan fingerprint density at radius 3 is 2.64 bits per heavy atom. The Kier molecular flexibility index (Phi) is 2.42. The second-order valence-electron chi connectivity index (χ2n) is 2.85. The molecule has 0 saturated carbocycles. The van der Waals surface area contributed by atoms with E-state index in [2.05, 4.69) is 5.32 Å². The van der Waals surface area contributed by atoms with Gasteiger partial charge in [0.15, 0.2) is 0 Å². The van der Waals surface area contributed by atoms with Crippen LogP contribution in [0.4, 0.5) is 4.39 Å². The van der Waals surface area contributed by atoms with E-state index in [9.17, 15) is 4.39 Å². The van der Waals surface area contributed by atoms with Crippen LogP contribution in [0.1, 0.15) is 6.42 Å². The van der Waals surface area contributed by atoms with Crippen LogP contribution in [0.25, 0.3) is 0 Å². The van der Waals surface area contributed by atoms with Crippen molar-refractivity contribution in [1.29, 1.82) is 5.26 Å². The number of rotatable bonds is 3. The van der Waals surface area contributed by atoms with Crippen molar-refractivity contribution in [3.8, 4) is 6.07 Å². The van der Waals surface area contributed by atoms with Crippen molar-refractivity contribution in [2.75, 3.05) is 19.7 Å². The molecule has 62 valence electrons. The molecule has 0 bridgehead atoms. The van der Waals surface area contributed by atoms with Gasteiger partial charge in [-0.1, -0.05) is 0 Å². The van der Waals surface area contributed by atoms with Gasteiger partial charge in [-0.05, 0) is 0 Å². The average molecular weight is 158 g/mol. The summed E-state index contributed by atoms with van der Waals surface area (Å²) in [5, 5.41) is 19.9. The lowest BCUT2D eigenvalue weighted by molar-refractivity contribution is 0.0779. The summed E-state index contributed by atoms with van der Waals surface area (Å²) in [4.78, 5) is 0. The number of nitrogens with one attached hydrogen (secondary N) is 1. The van der Waals surface area contributed by atoms with Crippen molar-refractivity contribution in [1.82, 2.24) is 5.32 Å². The van der Waals surface area contributed by atoms with Crippen LogP contribution < -0.4 is 5.32 Å².